The van der Waals surface area contributed by atoms with Gasteiger partial charge < -0.3 is 20.3 Å². The predicted octanol–water partition coefficient (Wildman–Crippen LogP) is 0.332. The van der Waals surface area contributed by atoms with Crippen molar-refractivity contribution < 1.29 is 9.53 Å². The number of carbonyl (C=O) groups excluding carboxylic acids is 1. The molecule has 118 valence electrons. The number of nitrogens with two attached hydrogens (primary N) is 1. The summed E-state index contributed by atoms with van der Waals surface area (Å²) in [5.74, 6) is 0.648. The van der Waals surface area contributed by atoms with E-state index in [4.69, 9.17) is 10.5 Å². The number of hydrogen-bond donors (Lipinski definition) is 1. The van der Waals surface area contributed by atoms with Gasteiger partial charge in [0.2, 0.25) is 0 Å². The Hall–Kier alpha value is -2.08. The molecule has 0 aliphatic carbocycles. The number of aliphatic imine (C=N–C) groups is 1. The van der Waals surface area contributed by atoms with Crippen molar-refractivity contribution in [1.29, 1.82) is 0 Å². The second kappa shape index (κ2) is 6.79. The highest BCUT2D eigenvalue weighted by Crippen LogP contribution is 2.18. The van der Waals surface area contributed by atoms with E-state index in [0.29, 0.717) is 32.3 Å². The Morgan fingerprint density at radius 3 is 2.82 bits per heavy atom. The van der Waals surface area contributed by atoms with Crippen LogP contribution in [-0.2, 0) is 11.2 Å². The molecule has 0 aromatic heterocycles. The van der Waals surface area contributed by atoms with Gasteiger partial charge in [0.25, 0.3) is 5.91 Å². The van der Waals surface area contributed by atoms with E-state index in [1.54, 1.807) is 0 Å². The van der Waals surface area contributed by atoms with Gasteiger partial charge in [-0.25, -0.2) is 0 Å². The SMILES string of the molecule is NC(=NCCN1CCc2ccccc2C1=O)N1CCOCC1. The minimum Gasteiger partial charge on any atom is -0.378 e. The van der Waals surface area contributed by atoms with Crippen LogP contribution in [-0.4, -0.2) is 67.6 Å². The van der Waals surface area contributed by atoms with Crippen LogP contribution in [0.25, 0.3) is 0 Å². The van der Waals surface area contributed by atoms with E-state index in [9.17, 15) is 4.79 Å². The van der Waals surface area contributed by atoms with Crippen molar-refractivity contribution in [3.8, 4) is 0 Å². The number of fused-ring (bicyclic) bond motifs is 1. The second-order valence-corrected chi connectivity index (χ2v) is 5.54. The first-order valence-electron chi connectivity index (χ1n) is 7.75. The molecule has 2 heterocycles. The molecule has 0 radical (unpaired) electrons. The maximum Gasteiger partial charge on any atom is 0.254 e. The first kappa shape index (κ1) is 14.8. The molecule has 0 unspecified atom stereocenters. The number of nitrogens with zero attached hydrogens (tertiary/aromatic N) is 3. The van der Waals surface area contributed by atoms with Crippen LogP contribution >= 0.6 is 0 Å². The van der Waals surface area contributed by atoms with Crippen LogP contribution in [0.2, 0.25) is 0 Å². The molecule has 6 nitrogen and oxygen atoms in total. The zero-order chi connectivity index (χ0) is 15.4. The fourth-order valence-electron chi connectivity index (χ4n) is 2.87. The Bertz CT molecular complexity index is 567. The molecule has 6 heteroatoms. The standard InChI is InChI=1S/C16H22N4O2/c17-16(20-9-11-22-12-10-20)18-6-8-19-7-5-13-3-1-2-4-14(13)15(19)21/h1-4H,5-12H2,(H2,17,18). The molecule has 0 atom stereocenters. The van der Waals surface area contributed by atoms with Gasteiger partial charge in [-0.15, -0.1) is 0 Å². The number of morpholine rings is 1. The van der Waals surface area contributed by atoms with Crippen LogP contribution in [0, 0.1) is 0 Å². The van der Waals surface area contributed by atoms with Gasteiger partial charge in [-0.2, -0.15) is 0 Å². The first-order valence-corrected chi connectivity index (χ1v) is 7.75. The number of ether oxygens (including phenoxy) is 1. The van der Waals surface area contributed by atoms with E-state index in [1.807, 2.05) is 34.1 Å². The van der Waals surface area contributed by atoms with Crippen LogP contribution in [0.3, 0.4) is 0 Å². The number of rotatable bonds is 3. The van der Waals surface area contributed by atoms with E-state index >= 15 is 0 Å². The lowest BCUT2D eigenvalue weighted by Crippen LogP contribution is -2.45. The highest BCUT2D eigenvalue weighted by atomic mass is 16.5. The fraction of sp³-hybridized carbons (Fsp3) is 0.500. The van der Waals surface area contributed by atoms with Gasteiger partial charge in [0, 0.05) is 31.7 Å². The van der Waals surface area contributed by atoms with Crippen LogP contribution in [0.5, 0.6) is 0 Å². The topological polar surface area (TPSA) is 71.2 Å². The molecular formula is C16H22N4O2. The summed E-state index contributed by atoms with van der Waals surface area (Å²) in [6, 6.07) is 7.82. The Kier molecular flexibility index (Phi) is 4.58. The summed E-state index contributed by atoms with van der Waals surface area (Å²) in [6.45, 7) is 4.85. The summed E-state index contributed by atoms with van der Waals surface area (Å²) in [4.78, 5) is 20.7. The van der Waals surface area contributed by atoms with E-state index in [-0.39, 0.29) is 5.91 Å². The van der Waals surface area contributed by atoms with Gasteiger partial charge in [-0.3, -0.25) is 9.79 Å². The number of hydrogen-bond acceptors (Lipinski definition) is 3. The van der Waals surface area contributed by atoms with E-state index in [1.165, 1.54) is 0 Å². The summed E-state index contributed by atoms with van der Waals surface area (Å²) in [6.07, 6.45) is 0.907. The Balaban J connectivity index is 1.55. The smallest absolute Gasteiger partial charge is 0.254 e. The summed E-state index contributed by atoms with van der Waals surface area (Å²) < 4.78 is 5.29. The molecule has 0 spiro atoms. The Morgan fingerprint density at radius 2 is 2.00 bits per heavy atom. The van der Waals surface area contributed by atoms with Crippen LogP contribution < -0.4 is 5.73 Å². The lowest BCUT2D eigenvalue weighted by atomic mass is 9.99. The van der Waals surface area contributed by atoms with Crippen molar-refractivity contribution in [3.63, 3.8) is 0 Å². The van der Waals surface area contributed by atoms with Gasteiger partial charge >= 0.3 is 0 Å². The zero-order valence-corrected chi connectivity index (χ0v) is 12.7. The van der Waals surface area contributed by atoms with Gasteiger partial charge in [0.1, 0.15) is 0 Å². The van der Waals surface area contributed by atoms with Gasteiger partial charge in [0.15, 0.2) is 5.96 Å². The molecule has 1 amide bonds. The molecule has 2 aliphatic heterocycles. The third-order valence-corrected chi connectivity index (χ3v) is 4.16. The molecule has 2 N–H and O–H groups in total. The highest BCUT2D eigenvalue weighted by molar-refractivity contribution is 5.96. The Labute approximate surface area is 130 Å². The molecule has 3 rings (SSSR count). The predicted molar refractivity (Wildman–Crippen MR) is 84.9 cm³/mol. The molecule has 2 aliphatic rings. The maximum atomic E-state index is 12.4. The summed E-state index contributed by atoms with van der Waals surface area (Å²) >= 11 is 0. The maximum absolute atomic E-state index is 12.4. The van der Waals surface area contributed by atoms with Crippen LogP contribution in [0.1, 0.15) is 15.9 Å². The molecule has 0 saturated carbocycles. The monoisotopic (exact) mass is 302 g/mol. The molecule has 1 saturated heterocycles. The van der Waals surface area contributed by atoms with Crippen molar-refractivity contribution in [1.82, 2.24) is 9.80 Å². The van der Waals surface area contributed by atoms with E-state index in [2.05, 4.69) is 4.99 Å². The first-order chi connectivity index (χ1) is 10.8. The highest BCUT2D eigenvalue weighted by Gasteiger charge is 2.23. The summed E-state index contributed by atoms with van der Waals surface area (Å²) in [7, 11) is 0. The number of guanidine groups is 1. The molecular weight excluding hydrogens is 280 g/mol. The average Bonchev–Trinajstić information content (AvgIpc) is 2.58. The number of amides is 1. The van der Waals surface area contributed by atoms with Crippen molar-refractivity contribution in [2.75, 3.05) is 45.9 Å². The largest absolute Gasteiger partial charge is 0.378 e. The van der Waals surface area contributed by atoms with Gasteiger partial charge in [-0.1, -0.05) is 18.2 Å². The third kappa shape index (κ3) is 3.22. The minimum atomic E-state index is 0.0991. The van der Waals surface area contributed by atoms with Crippen molar-refractivity contribution in [3.05, 3.63) is 35.4 Å². The van der Waals surface area contributed by atoms with Gasteiger partial charge in [0.05, 0.1) is 19.8 Å². The zero-order valence-electron chi connectivity index (χ0n) is 12.7. The summed E-state index contributed by atoms with van der Waals surface area (Å²) in [5.41, 5.74) is 7.95. The second-order valence-electron chi connectivity index (χ2n) is 5.54. The lowest BCUT2D eigenvalue weighted by Gasteiger charge is -2.29. The van der Waals surface area contributed by atoms with E-state index in [0.717, 1.165) is 37.2 Å². The normalized spacial score (nSPS) is 19.3. The Morgan fingerprint density at radius 1 is 1.23 bits per heavy atom. The fourth-order valence-corrected chi connectivity index (χ4v) is 2.87. The number of carbonyl (C=O) groups is 1. The molecule has 22 heavy (non-hydrogen) atoms. The molecule has 1 fully saturated rings. The lowest BCUT2D eigenvalue weighted by molar-refractivity contribution is 0.0673. The molecule has 0 bridgehead atoms. The molecule has 1 aromatic rings. The van der Waals surface area contributed by atoms with Crippen LogP contribution in [0.15, 0.2) is 29.3 Å². The van der Waals surface area contributed by atoms with E-state index < -0.39 is 0 Å². The molecule has 1 aromatic carbocycles. The van der Waals surface area contributed by atoms with Crippen molar-refractivity contribution in [2.24, 2.45) is 10.7 Å². The average molecular weight is 302 g/mol. The van der Waals surface area contributed by atoms with Crippen molar-refractivity contribution >= 4 is 11.9 Å². The minimum absolute atomic E-state index is 0.0991. The van der Waals surface area contributed by atoms with Gasteiger partial charge in [-0.05, 0) is 18.1 Å². The van der Waals surface area contributed by atoms with Crippen molar-refractivity contribution in [2.45, 2.75) is 6.42 Å². The summed E-state index contributed by atoms with van der Waals surface area (Å²) in [5, 5.41) is 0. The number of benzene rings is 1. The van der Waals surface area contributed by atoms with Crippen LogP contribution in [0.4, 0.5) is 0 Å². The quantitative estimate of drug-likeness (QED) is 0.645. The third-order valence-electron chi connectivity index (χ3n) is 4.16.